The van der Waals surface area contributed by atoms with Gasteiger partial charge in [0.2, 0.25) is 0 Å². The van der Waals surface area contributed by atoms with Gasteiger partial charge in [-0.3, -0.25) is 9.48 Å². The van der Waals surface area contributed by atoms with Crippen LogP contribution in [0.2, 0.25) is 0 Å². The van der Waals surface area contributed by atoms with Gasteiger partial charge in [-0.25, -0.2) is 4.98 Å². The van der Waals surface area contributed by atoms with Crippen LogP contribution in [0.25, 0.3) is 21.3 Å². The number of carbonyl (C=O) groups is 1. The van der Waals surface area contributed by atoms with Gasteiger partial charge in [0.15, 0.2) is 0 Å². The van der Waals surface area contributed by atoms with Crippen LogP contribution >= 0.6 is 11.3 Å². The normalized spacial score (nSPS) is 12.0. The van der Waals surface area contributed by atoms with Crippen LogP contribution < -0.4 is 11.5 Å². The van der Waals surface area contributed by atoms with E-state index in [0.717, 1.165) is 17.4 Å². The first-order valence-corrected chi connectivity index (χ1v) is 8.09. The number of rotatable bonds is 3. The zero-order chi connectivity index (χ0) is 18.5. The maximum absolute atomic E-state index is 13.2. The fraction of sp³-hybridized carbons (Fsp3) is 0.267. The van der Waals surface area contributed by atoms with Crippen molar-refractivity contribution in [2.75, 3.05) is 5.73 Å². The predicted octanol–water partition coefficient (Wildman–Crippen LogP) is 3.19. The summed E-state index contributed by atoms with van der Waals surface area (Å²) >= 11 is 0.752. The molecule has 4 N–H and O–H groups in total. The zero-order valence-electron chi connectivity index (χ0n) is 13.3. The standard InChI is InChI=1S/C15H14F3N5OS/c1-3-23-5-8(6(2)22-23)7-4-9(15(16,17)18)21-14-10(7)11(19)12(25-14)13(20)24/h4-5H,3,19H2,1-2H3,(H2,20,24). The van der Waals surface area contributed by atoms with E-state index >= 15 is 0 Å². The lowest BCUT2D eigenvalue weighted by Crippen LogP contribution is -2.10. The molecule has 1 amide bonds. The third-order valence-corrected chi connectivity index (χ3v) is 4.89. The first-order chi connectivity index (χ1) is 11.6. The van der Waals surface area contributed by atoms with Crippen LogP contribution in [0.5, 0.6) is 0 Å². The number of alkyl halides is 3. The molecule has 3 rings (SSSR count). The lowest BCUT2D eigenvalue weighted by Gasteiger charge is -2.10. The molecule has 0 saturated heterocycles. The van der Waals surface area contributed by atoms with Crippen molar-refractivity contribution in [3.8, 4) is 11.1 Å². The predicted molar refractivity (Wildman–Crippen MR) is 89.2 cm³/mol. The van der Waals surface area contributed by atoms with E-state index in [0.29, 0.717) is 17.8 Å². The van der Waals surface area contributed by atoms with Crippen LogP contribution in [0.4, 0.5) is 18.9 Å². The number of pyridine rings is 1. The molecule has 132 valence electrons. The van der Waals surface area contributed by atoms with Crippen LogP contribution in [-0.4, -0.2) is 20.7 Å². The van der Waals surface area contributed by atoms with Crippen LogP contribution in [0, 0.1) is 6.92 Å². The highest BCUT2D eigenvalue weighted by atomic mass is 32.1. The number of hydrogen-bond acceptors (Lipinski definition) is 5. The lowest BCUT2D eigenvalue weighted by molar-refractivity contribution is -0.140. The Bertz CT molecular complexity index is 989. The molecular weight excluding hydrogens is 355 g/mol. The van der Waals surface area contributed by atoms with E-state index < -0.39 is 17.8 Å². The second-order valence-corrected chi connectivity index (χ2v) is 6.43. The van der Waals surface area contributed by atoms with Gasteiger partial charge in [-0.05, 0) is 25.5 Å². The van der Waals surface area contributed by atoms with Gasteiger partial charge in [-0.1, -0.05) is 0 Å². The van der Waals surface area contributed by atoms with E-state index in [9.17, 15) is 18.0 Å². The van der Waals surface area contributed by atoms with Gasteiger partial charge >= 0.3 is 6.18 Å². The number of amides is 1. The largest absolute Gasteiger partial charge is 0.433 e. The number of aromatic nitrogens is 3. The summed E-state index contributed by atoms with van der Waals surface area (Å²) in [5.74, 6) is -0.805. The number of halogens is 3. The molecule has 0 saturated carbocycles. The number of nitrogens with zero attached hydrogens (tertiary/aromatic N) is 3. The van der Waals surface area contributed by atoms with E-state index in [1.807, 2.05) is 6.92 Å². The molecule has 0 unspecified atom stereocenters. The topological polar surface area (TPSA) is 99.8 Å². The van der Waals surface area contributed by atoms with Crippen molar-refractivity contribution in [3.05, 3.63) is 28.5 Å². The van der Waals surface area contributed by atoms with Gasteiger partial charge in [-0.15, -0.1) is 11.3 Å². The van der Waals surface area contributed by atoms with Gasteiger partial charge in [0.1, 0.15) is 15.4 Å². The van der Waals surface area contributed by atoms with E-state index in [2.05, 4.69) is 10.1 Å². The maximum atomic E-state index is 13.2. The Morgan fingerprint density at radius 2 is 2.04 bits per heavy atom. The Balaban J connectivity index is 2.41. The highest BCUT2D eigenvalue weighted by Gasteiger charge is 2.35. The minimum absolute atomic E-state index is 0.0105. The average molecular weight is 369 g/mol. The molecule has 25 heavy (non-hydrogen) atoms. The van der Waals surface area contributed by atoms with Gasteiger partial charge in [-0.2, -0.15) is 18.3 Å². The summed E-state index contributed by atoms with van der Waals surface area (Å²) in [6.07, 6.45) is -2.99. The van der Waals surface area contributed by atoms with Crippen molar-refractivity contribution < 1.29 is 18.0 Å². The second-order valence-electron chi connectivity index (χ2n) is 5.43. The van der Waals surface area contributed by atoms with Crippen LogP contribution in [0.1, 0.15) is 28.0 Å². The fourth-order valence-electron chi connectivity index (χ4n) is 2.61. The van der Waals surface area contributed by atoms with Crippen molar-refractivity contribution in [2.45, 2.75) is 26.6 Å². The number of thiophene rings is 1. The molecule has 0 aromatic carbocycles. The van der Waals surface area contributed by atoms with Crippen LogP contribution in [0.15, 0.2) is 12.3 Å². The quantitative estimate of drug-likeness (QED) is 0.740. The summed E-state index contributed by atoms with van der Waals surface area (Å²) in [6.45, 7) is 4.12. The Kier molecular flexibility index (Phi) is 3.94. The number of nitrogen functional groups attached to an aromatic ring is 1. The number of primary amides is 1. The molecule has 3 aromatic heterocycles. The number of aryl methyl sites for hydroxylation is 2. The molecule has 0 fully saturated rings. The molecule has 10 heteroatoms. The second kappa shape index (κ2) is 5.73. The summed E-state index contributed by atoms with van der Waals surface area (Å²) in [5.41, 5.74) is 11.5. The Morgan fingerprint density at radius 1 is 1.36 bits per heavy atom. The van der Waals surface area contributed by atoms with Gasteiger partial charge in [0, 0.05) is 23.7 Å². The van der Waals surface area contributed by atoms with Gasteiger partial charge in [0.05, 0.1) is 11.4 Å². The lowest BCUT2D eigenvalue weighted by atomic mass is 10.0. The number of fused-ring (bicyclic) bond motifs is 1. The van der Waals surface area contributed by atoms with E-state index in [-0.39, 0.29) is 26.3 Å². The molecular formula is C15H14F3N5OS. The minimum Gasteiger partial charge on any atom is -0.397 e. The number of carbonyl (C=O) groups excluding carboxylic acids is 1. The van der Waals surface area contributed by atoms with Crippen molar-refractivity contribution in [1.29, 1.82) is 0 Å². The van der Waals surface area contributed by atoms with E-state index in [4.69, 9.17) is 11.5 Å². The van der Waals surface area contributed by atoms with Gasteiger partial charge < -0.3 is 11.5 Å². The van der Waals surface area contributed by atoms with Crippen molar-refractivity contribution in [1.82, 2.24) is 14.8 Å². The first kappa shape index (κ1) is 17.2. The number of hydrogen-bond donors (Lipinski definition) is 2. The van der Waals surface area contributed by atoms with Crippen molar-refractivity contribution in [2.24, 2.45) is 5.73 Å². The molecule has 3 aromatic rings. The molecule has 0 spiro atoms. The van der Waals surface area contributed by atoms with Crippen molar-refractivity contribution in [3.63, 3.8) is 0 Å². The molecule has 0 aliphatic heterocycles. The fourth-order valence-corrected chi connectivity index (χ4v) is 3.58. The average Bonchev–Trinajstić information content (AvgIpc) is 3.06. The number of anilines is 1. The zero-order valence-corrected chi connectivity index (χ0v) is 14.1. The summed E-state index contributed by atoms with van der Waals surface area (Å²) in [7, 11) is 0. The maximum Gasteiger partial charge on any atom is 0.433 e. The minimum atomic E-state index is -4.64. The smallest absolute Gasteiger partial charge is 0.397 e. The molecule has 6 nitrogen and oxygen atoms in total. The molecule has 0 aliphatic carbocycles. The first-order valence-electron chi connectivity index (χ1n) is 7.28. The molecule has 0 atom stereocenters. The Labute approximate surface area is 144 Å². The summed E-state index contributed by atoms with van der Waals surface area (Å²) in [5, 5.41) is 4.54. The molecule has 0 radical (unpaired) electrons. The molecule has 3 heterocycles. The summed E-state index contributed by atoms with van der Waals surface area (Å²) in [4.78, 5) is 15.2. The highest BCUT2D eigenvalue weighted by Crippen LogP contribution is 2.42. The summed E-state index contributed by atoms with van der Waals surface area (Å²) < 4.78 is 41.4. The Hall–Kier alpha value is -2.62. The van der Waals surface area contributed by atoms with Crippen LogP contribution in [0.3, 0.4) is 0 Å². The SMILES string of the molecule is CCn1cc(-c2cc(C(F)(F)F)nc3sc(C(N)=O)c(N)c23)c(C)n1. The number of nitrogens with two attached hydrogens (primary N) is 2. The van der Waals surface area contributed by atoms with E-state index in [1.54, 1.807) is 17.8 Å². The molecule has 0 aliphatic rings. The highest BCUT2D eigenvalue weighted by molar-refractivity contribution is 7.21. The van der Waals surface area contributed by atoms with E-state index in [1.165, 1.54) is 0 Å². The third-order valence-electron chi connectivity index (χ3n) is 3.77. The van der Waals surface area contributed by atoms with Crippen LogP contribution in [-0.2, 0) is 12.7 Å². The molecule has 0 bridgehead atoms. The summed E-state index contributed by atoms with van der Waals surface area (Å²) in [6, 6.07) is 0.931. The Morgan fingerprint density at radius 3 is 2.56 bits per heavy atom. The van der Waals surface area contributed by atoms with Crippen molar-refractivity contribution >= 4 is 33.1 Å². The van der Waals surface area contributed by atoms with Gasteiger partial charge in [0.25, 0.3) is 5.91 Å². The monoisotopic (exact) mass is 369 g/mol. The third kappa shape index (κ3) is 2.82.